The van der Waals surface area contributed by atoms with E-state index in [0.29, 0.717) is 10.4 Å². The smallest absolute Gasteiger partial charge is 0.166 e. The number of nitrogens with one attached hydrogen (secondary N) is 1. The van der Waals surface area contributed by atoms with Crippen LogP contribution in [0.2, 0.25) is 0 Å². The second kappa shape index (κ2) is 4.77. The number of anilines is 1. The van der Waals surface area contributed by atoms with Crippen molar-refractivity contribution in [2.45, 2.75) is 13.0 Å². The molecule has 0 aromatic carbocycles. The molecule has 0 radical (unpaired) electrons. The topological polar surface area (TPSA) is 24.9 Å². The van der Waals surface area contributed by atoms with Gasteiger partial charge in [0.05, 0.1) is 0 Å². The van der Waals surface area contributed by atoms with Gasteiger partial charge in [0.15, 0.2) is 11.6 Å². The highest BCUT2D eigenvalue weighted by Gasteiger charge is 2.06. The molecule has 1 atom stereocenters. The Morgan fingerprint density at radius 3 is 3.00 bits per heavy atom. The van der Waals surface area contributed by atoms with Gasteiger partial charge in [0, 0.05) is 22.6 Å². The maximum absolute atomic E-state index is 13.1. The quantitative estimate of drug-likeness (QED) is 0.852. The minimum absolute atomic E-state index is 0.00448. The fraction of sp³-hybridized carbons (Fsp3) is 0.375. The van der Waals surface area contributed by atoms with Crippen molar-refractivity contribution < 1.29 is 4.39 Å². The second-order valence-corrected chi connectivity index (χ2v) is 3.91. The van der Waals surface area contributed by atoms with Crippen LogP contribution in [0.4, 0.5) is 10.2 Å². The Labute approximate surface area is 89.6 Å². The van der Waals surface area contributed by atoms with E-state index in [1.807, 2.05) is 6.92 Å². The van der Waals surface area contributed by atoms with Crippen LogP contribution in [0.3, 0.4) is 0 Å². The van der Waals surface area contributed by atoms with E-state index in [9.17, 15) is 4.39 Å². The van der Waals surface area contributed by atoms with Gasteiger partial charge in [0.25, 0.3) is 0 Å². The zero-order chi connectivity index (χ0) is 9.84. The Kier molecular flexibility index (Phi) is 3.93. The van der Waals surface area contributed by atoms with Crippen LogP contribution in [0.1, 0.15) is 6.92 Å². The van der Waals surface area contributed by atoms with E-state index in [2.05, 4.69) is 26.2 Å². The summed E-state index contributed by atoms with van der Waals surface area (Å²) in [5.74, 6) is 0.264. The molecule has 0 spiro atoms. The molecule has 0 saturated heterocycles. The maximum atomic E-state index is 13.1. The summed E-state index contributed by atoms with van der Waals surface area (Å²) in [5.41, 5.74) is 0. The lowest BCUT2D eigenvalue weighted by Gasteiger charge is -2.11. The number of pyridine rings is 1. The molecule has 1 aromatic heterocycles. The lowest BCUT2D eigenvalue weighted by molar-refractivity contribution is 0.621. The van der Waals surface area contributed by atoms with E-state index in [1.54, 1.807) is 0 Å². The molecule has 1 rings (SSSR count). The molecule has 1 N–H and O–H groups in total. The first-order valence-corrected chi connectivity index (χ1v) is 5.09. The third-order valence-corrected chi connectivity index (χ3v) is 2.32. The average Bonchev–Trinajstić information content (AvgIpc) is 2.09. The van der Waals surface area contributed by atoms with E-state index in [1.165, 1.54) is 12.3 Å². The van der Waals surface area contributed by atoms with Gasteiger partial charge in [-0.2, -0.15) is 0 Å². The number of hydrogen-bond acceptors (Lipinski definition) is 2. The predicted octanol–water partition coefficient (Wildman–Crippen LogP) is 3.02. The van der Waals surface area contributed by atoms with E-state index in [4.69, 9.17) is 11.6 Å². The Hall–Kier alpha value is -0.350. The molecule has 0 amide bonds. The van der Waals surface area contributed by atoms with Crippen molar-refractivity contribution in [2.24, 2.45) is 0 Å². The van der Waals surface area contributed by atoms with Crippen LogP contribution < -0.4 is 5.32 Å². The van der Waals surface area contributed by atoms with E-state index >= 15 is 0 Å². The van der Waals surface area contributed by atoms with Crippen molar-refractivity contribution >= 4 is 33.3 Å². The molecular formula is C8H9BrClFN2. The molecule has 0 fully saturated rings. The molecule has 0 bridgehead atoms. The Balaban J connectivity index is 2.77. The predicted molar refractivity (Wildman–Crippen MR) is 55.7 cm³/mol. The molecule has 0 aliphatic carbocycles. The van der Waals surface area contributed by atoms with Crippen molar-refractivity contribution in [3.63, 3.8) is 0 Å². The lowest BCUT2D eigenvalue weighted by atomic mass is 10.3. The minimum atomic E-state index is -0.383. The summed E-state index contributed by atoms with van der Waals surface area (Å²) >= 11 is 8.69. The first kappa shape index (κ1) is 10.7. The lowest BCUT2D eigenvalue weighted by Crippen LogP contribution is -2.18. The molecule has 13 heavy (non-hydrogen) atoms. The number of hydrogen-bond donors (Lipinski definition) is 1. The normalized spacial score (nSPS) is 12.6. The highest BCUT2D eigenvalue weighted by molar-refractivity contribution is 9.10. The largest absolute Gasteiger partial charge is 0.364 e. The van der Waals surface area contributed by atoms with Crippen LogP contribution in [0, 0.1) is 5.82 Å². The molecular weight excluding hydrogens is 258 g/mol. The van der Waals surface area contributed by atoms with Crippen molar-refractivity contribution in [1.29, 1.82) is 0 Å². The van der Waals surface area contributed by atoms with Gasteiger partial charge in [0.2, 0.25) is 0 Å². The van der Waals surface area contributed by atoms with Gasteiger partial charge < -0.3 is 5.32 Å². The van der Waals surface area contributed by atoms with E-state index in [-0.39, 0.29) is 17.7 Å². The number of halogens is 3. The summed E-state index contributed by atoms with van der Waals surface area (Å²) in [6, 6.07) is 1.36. The molecule has 5 heteroatoms. The highest BCUT2D eigenvalue weighted by atomic mass is 79.9. The van der Waals surface area contributed by atoms with Crippen molar-refractivity contribution in [3.05, 3.63) is 22.6 Å². The highest BCUT2D eigenvalue weighted by Crippen LogP contribution is 2.16. The molecule has 72 valence electrons. The fourth-order valence-electron chi connectivity index (χ4n) is 0.793. The maximum Gasteiger partial charge on any atom is 0.166 e. The first-order chi connectivity index (χ1) is 6.13. The van der Waals surface area contributed by atoms with Crippen molar-refractivity contribution in [3.8, 4) is 0 Å². The Bertz CT molecular complexity index is 295. The van der Waals surface area contributed by atoms with Gasteiger partial charge in [-0.3, -0.25) is 0 Å². The van der Waals surface area contributed by atoms with E-state index < -0.39 is 0 Å². The number of rotatable bonds is 3. The van der Waals surface area contributed by atoms with Gasteiger partial charge >= 0.3 is 0 Å². The summed E-state index contributed by atoms with van der Waals surface area (Å²) < 4.78 is 13.8. The third-order valence-electron chi connectivity index (χ3n) is 1.42. The van der Waals surface area contributed by atoms with Crippen LogP contribution in [-0.4, -0.2) is 16.9 Å². The van der Waals surface area contributed by atoms with Gasteiger partial charge in [-0.05, 0) is 28.9 Å². The van der Waals surface area contributed by atoms with Crippen LogP contribution in [-0.2, 0) is 0 Å². The number of alkyl halides is 1. The number of nitrogens with zero attached hydrogens (tertiary/aromatic N) is 1. The zero-order valence-corrected chi connectivity index (χ0v) is 9.36. The standard InChI is InChI=1S/C8H9BrClFN2/c1-5(3-10)13-8-7(11)2-6(9)4-12-8/h2,4-5H,3H2,1H3,(H,12,13). The van der Waals surface area contributed by atoms with Crippen LogP contribution in [0.25, 0.3) is 0 Å². The van der Waals surface area contributed by atoms with Gasteiger partial charge in [-0.1, -0.05) is 0 Å². The Morgan fingerprint density at radius 1 is 1.77 bits per heavy atom. The summed E-state index contributed by atoms with van der Waals surface area (Å²) in [5, 5.41) is 2.85. The molecule has 1 aromatic rings. The zero-order valence-electron chi connectivity index (χ0n) is 7.02. The molecule has 1 unspecified atom stereocenters. The molecule has 0 aliphatic rings. The van der Waals surface area contributed by atoms with Crippen molar-refractivity contribution in [1.82, 2.24) is 4.98 Å². The molecule has 0 aliphatic heterocycles. The van der Waals surface area contributed by atoms with Gasteiger partial charge in [0.1, 0.15) is 0 Å². The summed E-state index contributed by atoms with van der Waals surface area (Å²) in [6.07, 6.45) is 1.53. The Morgan fingerprint density at radius 2 is 2.46 bits per heavy atom. The first-order valence-electron chi connectivity index (χ1n) is 3.77. The molecule has 2 nitrogen and oxygen atoms in total. The third kappa shape index (κ3) is 3.12. The summed E-state index contributed by atoms with van der Waals surface area (Å²) in [7, 11) is 0. The monoisotopic (exact) mass is 266 g/mol. The average molecular weight is 268 g/mol. The fourth-order valence-corrected chi connectivity index (χ4v) is 1.17. The van der Waals surface area contributed by atoms with Gasteiger partial charge in [-0.25, -0.2) is 9.37 Å². The van der Waals surface area contributed by atoms with Crippen LogP contribution in [0.15, 0.2) is 16.7 Å². The van der Waals surface area contributed by atoms with Crippen LogP contribution in [0.5, 0.6) is 0 Å². The van der Waals surface area contributed by atoms with E-state index in [0.717, 1.165) is 0 Å². The van der Waals surface area contributed by atoms with Crippen molar-refractivity contribution in [2.75, 3.05) is 11.2 Å². The molecule has 0 saturated carbocycles. The van der Waals surface area contributed by atoms with Gasteiger partial charge in [-0.15, -0.1) is 11.6 Å². The second-order valence-electron chi connectivity index (χ2n) is 2.68. The minimum Gasteiger partial charge on any atom is -0.364 e. The molecule has 1 heterocycles. The number of aromatic nitrogens is 1. The summed E-state index contributed by atoms with van der Waals surface area (Å²) in [4.78, 5) is 3.87. The SMILES string of the molecule is CC(CCl)Nc1ncc(Br)cc1F. The van der Waals surface area contributed by atoms with Crippen LogP contribution >= 0.6 is 27.5 Å². The summed E-state index contributed by atoms with van der Waals surface area (Å²) in [6.45, 7) is 1.86.